The van der Waals surface area contributed by atoms with Crippen molar-refractivity contribution in [3.8, 4) is 0 Å². The third kappa shape index (κ3) is 4.57. The van der Waals surface area contributed by atoms with Crippen LogP contribution in [0.4, 0.5) is 0 Å². The van der Waals surface area contributed by atoms with Crippen molar-refractivity contribution in [1.29, 1.82) is 0 Å². The number of carbonyl (C=O) groups excluding carboxylic acids is 1. The minimum Gasteiger partial charge on any atom is -0.273 e. The molecule has 0 spiro atoms. The molecule has 0 fully saturated rings. The van der Waals surface area contributed by atoms with Crippen LogP contribution in [0.5, 0.6) is 0 Å². The molecule has 3 nitrogen and oxygen atoms in total. The first kappa shape index (κ1) is 16.5. The van der Waals surface area contributed by atoms with E-state index in [1.54, 1.807) is 12.1 Å². The Kier molecular flexibility index (Phi) is 5.56. The van der Waals surface area contributed by atoms with Gasteiger partial charge in [-0.2, -0.15) is 5.10 Å². The second-order valence-corrected chi connectivity index (χ2v) is 6.20. The highest BCUT2D eigenvalue weighted by Crippen LogP contribution is 2.26. The molecule has 0 saturated heterocycles. The van der Waals surface area contributed by atoms with E-state index in [0.29, 0.717) is 17.4 Å². The largest absolute Gasteiger partial charge is 0.273 e. The monoisotopic (exact) mass is 316 g/mol. The zero-order valence-corrected chi connectivity index (χ0v) is 13.8. The van der Waals surface area contributed by atoms with Gasteiger partial charge in [-0.1, -0.05) is 42.0 Å². The Hall–Kier alpha value is -1.87. The number of allylic oxidation sites excluding steroid dienone is 3. The van der Waals surface area contributed by atoms with Gasteiger partial charge in [0.05, 0.1) is 12.1 Å². The summed E-state index contributed by atoms with van der Waals surface area (Å²) in [7, 11) is 0. The molecule has 1 aromatic rings. The zero-order valence-electron chi connectivity index (χ0n) is 13.0. The molecule has 0 aliphatic heterocycles. The number of halogens is 1. The fourth-order valence-corrected chi connectivity index (χ4v) is 2.51. The summed E-state index contributed by atoms with van der Waals surface area (Å²) >= 11 is 5.83. The van der Waals surface area contributed by atoms with E-state index in [-0.39, 0.29) is 5.91 Å². The van der Waals surface area contributed by atoms with Crippen LogP contribution >= 0.6 is 11.6 Å². The normalized spacial score (nSPS) is 19.7. The number of nitrogens with zero attached hydrogens (tertiary/aromatic N) is 1. The number of amides is 1. The first-order valence-corrected chi connectivity index (χ1v) is 7.76. The highest BCUT2D eigenvalue weighted by atomic mass is 35.5. The minimum atomic E-state index is -0.125. The van der Waals surface area contributed by atoms with Gasteiger partial charge in [-0.15, -0.1) is 0 Å². The maximum Gasteiger partial charge on any atom is 0.244 e. The van der Waals surface area contributed by atoms with Gasteiger partial charge >= 0.3 is 0 Å². The van der Waals surface area contributed by atoms with Crippen molar-refractivity contribution in [3.63, 3.8) is 0 Å². The zero-order chi connectivity index (χ0) is 16.1. The smallest absolute Gasteiger partial charge is 0.244 e. The number of hydrogen-bond acceptors (Lipinski definition) is 2. The van der Waals surface area contributed by atoms with Crippen molar-refractivity contribution in [3.05, 3.63) is 58.7 Å². The molecule has 1 aliphatic carbocycles. The second kappa shape index (κ2) is 7.41. The Morgan fingerprint density at radius 1 is 1.41 bits per heavy atom. The summed E-state index contributed by atoms with van der Waals surface area (Å²) in [5, 5.41) is 4.96. The van der Waals surface area contributed by atoms with Crippen LogP contribution in [0.15, 0.2) is 53.2 Å². The third-order valence-electron chi connectivity index (χ3n) is 3.89. The quantitative estimate of drug-likeness (QED) is 0.653. The Morgan fingerprint density at radius 2 is 2.09 bits per heavy atom. The molecule has 0 heterocycles. The van der Waals surface area contributed by atoms with Gasteiger partial charge in [0.25, 0.3) is 0 Å². The van der Waals surface area contributed by atoms with Crippen LogP contribution in [0.3, 0.4) is 0 Å². The van der Waals surface area contributed by atoms with Gasteiger partial charge in [-0.3, -0.25) is 4.79 Å². The predicted molar refractivity (Wildman–Crippen MR) is 92.0 cm³/mol. The fourth-order valence-electron chi connectivity index (χ4n) is 2.38. The van der Waals surface area contributed by atoms with E-state index in [9.17, 15) is 4.79 Å². The Morgan fingerprint density at radius 3 is 2.73 bits per heavy atom. The maximum atomic E-state index is 12.0. The molecule has 1 unspecified atom stereocenters. The lowest BCUT2D eigenvalue weighted by molar-refractivity contribution is -0.120. The SMILES string of the molecule is C=C(C)C1CC=C(C)C(=NNC(=O)Cc2ccc(Cl)cc2)C1. The fraction of sp³-hybridized carbons (Fsp3) is 0.333. The molecule has 4 heteroatoms. The maximum absolute atomic E-state index is 12.0. The first-order valence-electron chi connectivity index (χ1n) is 7.38. The van der Waals surface area contributed by atoms with Crippen LogP contribution in [0.2, 0.25) is 5.02 Å². The van der Waals surface area contributed by atoms with E-state index in [1.807, 2.05) is 26.0 Å². The van der Waals surface area contributed by atoms with Crippen LogP contribution in [0.1, 0.15) is 32.3 Å². The summed E-state index contributed by atoms with van der Waals surface area (Å²) in [6, 6.07) is 7.25. The van der Waals surface area contributed by atoms with Crippen LogP contribution in [-0.2, 0) is 11.2 Å². The van der Waals surface area contributed by atoms with Gasteiger partial charge in [0.15, 0.2) is 0 Å². The summed E-state index contributed by atoms with van der Waals surface area (Å²) in [4.78, 5) is 12.0. The number of rotatable bonds is 4. The third-order valence-corrected chi connectivity index (χ3v) is 4.15. The summed E-state index contributed by atoms with van der Waals surface area (Å²) in [6.07, 6.45) is 4.28. The summed E-state index contributed by atoms with van der Waals surface area (Å²) in [5.74, 6) is 0.288. The highest BCUT2D eigenvalue weighted by molar-refractivity contribution is 6.30. The van der Waals surface area contributed by atoms with E-state index in [1.165, 1.54) is 0 Å². The molecule has 0 radical (unpaired) electrons. The lowest BCUT2D eigenvalue weighted by Gasteiger charge is -2.22. The van der Waals surface area contributed by atoms with Crippen molar-refractivity contribution in [2.75, 3.05) is 0 Å². The Labute approximate surface area is 136 Å². The number of hydrazone groups is 1. The van der Waals surface area contributed by atoms with E-state index < -0.39 is 0 Å². The molecule has 116 valence electrons. The van der Waals surface area contributed by atoms with Crippen LogP contribution in [0, 0.1) is 5.92 Å². The average molecular weight is 317 g/mol. The van der Waals surface area contributed by atoms with Crippen molar-refractivity contribution in [1.82, 2.24) is 5.43 Å². The topological polar surface area (TPSA) is 41.5 Å². The van der Waals surface area contributed by atoms with Gasteiger partial charge in [-0.25, -0.2) is 5.43 Å². The summed E-state index contributed by atoms with van der Waals surface area (Å²) < 4.78 is 0. The van der Waals surface area contributed by atoms with Crippen LogP contribution in [0.25, 0.3) is 0 Å². The molecule has 0 bridgehead atoms. The molecule has 0 saturated carbocycles. The standard InChI is InChI=1S/C18H21ClN2O/c1-12(2)15-7-4-13(3)17(11-15)20-21-18(22)10-14-5-8-16(19)9-6-14/h4-6,8-9,15H,1,7,10-11H2,2-3H3,(H,21,22). The van der Waals surface area contributed by atoms with Gasteiger partial charge in [0.1, 0.15) is 0 Å². The highest BCUT2D eigenvalue weighted by Gasteiger charge is 2.18. The lowest BCUT2D eigenvalue weighted by Crippen LogP contribution is -2.24. The van der Waals surface area contributed by atoms with Crippen molar-refractivity contribution < 1.29 is 4.79 Å². The number of hydrogen-bond donors (Lipinski definition) is 1. The van der Waals surface area contributed by atoms with Gasteiger partial charge in [0.2, 0.25) is 5.91 Å². The van der Waals surface area contributed by atoms with Crippen molar-refractivity contribution in [2.24, 2.45) is 11.0 Å². The molecule has 2 rings (SSSR count). The minimum absolute atomic E-state index is 0.125. The molecular formula is C18H21ClN2O. The number of carbonyl (C=O) groups is 1. The molecule has 1 aromatic carbocycles. The van der Waals surface area contributed by atoms with Gasteiger partial charge in [-0.05, 0) is 55.9 Å². The molecule has 1 aliphatic rings. The predicted octanol–water partition coefficient (Wildman–Crippen LogP) is 4.29. The Balaban J connectivity index is 1.96. The van der Waals surface area contributed by atoms with E-state index in [2.05, 4.69) is 23.2 Å². The van der Waals surface area contributed by atoms with Crippen LogP contribution < -0.4 is 5.43 Å². The van der Waals surface area contributed by atoms with Gasteiger partial charge in [0, 0.05) is 5.02 Å². The first-order chi connectivity index (χ1) is 10.5. The van der Waals surface area contributed by atoms with Crippen molar-refractivity contribution in [2.45, 2.75) is 33.1 Å². The Bertz CT molecular complexity index is 629. The van der Waals surface area contributed by atoms with Crippen LogP contribution in [-0.4, -0.2) is 11.6 Å². The molecule has 0 aromatic heterocycles. The van der Waals surface area contributed by atoms with Gasteiger partial charge < -0.3 is 0 Å². The molecule has 1 atom stereocenters. The lowest BCUT2D eigenvalue weighted by atomic mass is 9.85. The average Bonchev–Trinajstić information content (AvgIpc) is 2.48. The molecular weight excluding hydrogens is 296 g/mol. The number of nitrogens with one attached hydrogen (secondary N) is 1. The number of benzene rings is 1. The molecule has 1 amide bonds. The van der Waals surface area contributed by atoms with E-state index in [0.717, 1.165) is 35.3 Å². The summed E-state index contributed by atoms with van der Waals surface area (Å²) in [6.45, 7) is 8.08. The molecule has 1 N–H and O–H groups in total. The second-order valence-electron chi connectivity index (χ2n) is 5.77. The summed E-state index contributed by atoms with van der Waals surface area (Å²) in [5.41, 5.74) is 6.78. The van der Waals surface area contributed by atoms with E-state index in [4.69, 9.17) is 11.6 Å². The van der Waals surface area contributed by atoms with E-state index >= 15 is 0 Å². The van der Waals surface area contributed by atoms with Crippen molar-refractivity contribution >= 4 is 23.2 Å². The molecule has 22 heavy (non-hydrogen) atoms.